The van der Waals surface area contributed by atoms with Gasteiger partial charge in [0.1, 0.15) is 40.5 Å². The van der Waals surface area contributed by atoms with Crippen LogP contribution in [0.2, 0.25) is 0 Å². The number of thiazole rings is 1. The van der Waals surface area contributed by atoms with E-state index < -0.39 is 41.5 Å². The Labute approximate surface area is 426 Å². The van der Waals surface area contributed by atoms with Crippen molar-refractivity contribution in [3.63, 3.8) is 0 Å². The number of fused-ring (bicyclic) bond motifs is 3. The van der Waals surface area contributed by atoms with E-state index in [-0.39, 0.29) is 43.0 Å². The maximum Gasteiger partial charge on any atom is 0.308 e. The van der Waals surface area contributed by atoms with Crippen molar-refractivity contribution in [1.82, 2.24) is 45.2 Å². The molecule has 20 heteroatoms. The third kappa shape index (κ3) is 9.99. The van der Waals surface area contributed by atoms with Gasteiger partial charge in [-0.1, -0.05) is 57.2 Å². The molecule has 72 heavy (non-hydrogen) atoms. The lowest BCUT2D eigenvalue weighted by atomic mass is 9.85. The highest BCUT2D eigenvalue weighted by molar-refractivity contribution is 7.15. The lowest BCUT2D eigenvalue weighted by Crippen LogP contribution is -2.58. The van der Waals surface area contributed by atoms with Crippen molar-refractivity contribution in [2.24, 2.45) is 10.4 Å². The average molecular weight is 1010 g/mol. The molecule has 0 aliphatic carbocycles. The first kappa shape index (κ1) is 50.1. The number of carbonyl (C=O) groups excluding carboxylic acids is 4. The molecule has 4 aromatic heterocycles. The number of carbonyl (C=O) groups is 4. The number of esters is 1. The molecule has 3 aliphatic rings. The fourth-order valence-corrected chi connectivity index (χ4v) is 11.6. The smallest absolute Gasteiger partial charge is 0.308 e. The molecular formula is C52H60N12O6S2. The van der Waals surface area contributed by atoms with Crippen molar-refractivity contribution in [1.29, 1.82) is 0 Å². The summed E-state index contributed by atoms with van der Waals surface area (Å²) in [7, 11) is 1.38. The molecule has 376 valence electrons. The fraction of sp³-hybridized carbons (Fsp3) is 0.423. The third-order valence-corrected chi connectivity index (χ3v) is 16.0. The van der Waals surface area contributed by atoms with Crippen molar-refractivity contribution in [3.8, 4) is 15.4 Å². The molecule has 9 rings (SSSR count). The van der Waals surface area contributed by atoms with Crippen molar-refractivity contribution in [2.45, 2.75) is 98.5 Å². The fourth-order valence-electron chi connectivity index (χ4n) is 9.61. The van der Waals surface area contributed by atoms with E-state index in [0.717, 1.165) is 60.6 Å². The minimum Gasteiger partial charge on any atom is -0.469 e. The van der Waals surface area contributed by atoms with Gasteiger partial charge in [-0.05, 0) is 68.9 Å². The number of β-amino-alcohol motifs (C(OH)–C–C–N with tert-alkyl or cyclic N) is 1. The summed E-state index contributed by atoms with van der Waals surface area (Å²) in [6.07, 6.45) is 2.20. The normalized spacial score (nSPS) is 18.7. The standard InChI is InChI=1S/C52H60N12O6S2/c1-28-31(4)72-51-43(28)44(57-38(23-42(66)70-9)47-60-59-32(5)64(47)51)34-14-16-36(17-15-34)61-18-20-62(21-19-61)41-25-53-39(24-54-41)48(67)58-46(52(6,7)8)50(69)63-26-37(65)22-40(63)49(68)56-29(2)33-10-12-35(13-11-33)45-30(3)55-27-71-45/h10-17,24-25,27,29,37-38,40,46,65H,18-23,26H2,1-9H3,(H,56,68)(H,58,67)/t29-,37+,38-,40-,46+/m0/s1. The lowest BCUT2D eigenvalue weighted by molar-refractivity contribution is -0.142. The van der Waals surface area contributed by atoms with E-state index in [9.17, 15) is 24.3 Å². The zero-order valence-corrected chi connectivity index (χ0v) is 43.6. The van der Waals surface area contributed by atoms with Gasteiger partial charge in [0.25, 0.3) is 5.91 Å². The van der Waals surface area contributed by atoms with E-state index in [4.69, 9.17) is 9.73 Å². The van der Waals surface area contributed by atoms with E-state index in [1.54, 1.807) is 28.9 Å². The van der Waals surface area contributed by atoms with E-state index in [0.29, 0.717) is 37.8 Å². The van der Waals surface area contributed by atoms with E-state index in [1.165, 1.54) is 23.1 Å². The minimum absolute atomic E-state index is 0.0353. The highest BCUT2D eigenvalue weighted by Gasteiger charge is 2.45. The van der Waals surface area contributed by atoms with E-state index in [1.807, 2.05) is 75.9 Å². The van der Waals surface area contributed by atoms with Crippen molar-refractivity contribution < 1.29 is 29.0 Å². The molecule has 3 aliphatic heterocycles. The molecule has 6 aromatic rings. The van der Waals surface area contributed by atoms with Crippen LogP contribution >= 0.6 is 22.7 Å². The van der Waals surface area contributed by atoms with Gasteiger partial charge < -0.3 is 35.2 Å². The second-order valence-electron chi connectivity index (χ2n) is 19.7. The zero-order chi connectivity index (χ0) is 51.2. The molecule has 0 saturated carbocycles. The number of hydrogen-bond acceptors (Lipinski definition) is 16. The predicted octanol–water partition coefficient (Wildman–Crippen LogP) is 6.24. The molecule has 2 saturated heterocycles. The monoisotopic (exact) mass is 1010 g/mol. The van der Waals surface area contributed by atoms with Crippen LogP contribution in [-0.4, -0.2) is 127 Å². The Hall–Kier alpha value is -6.90. The number of ether oxygens (including phenoxy) is 1. The Kier molecular flexibility index (Phi) is 14.1. The second-order valence-corrected chi connectivity index (χ2v) is 21.8. The number of piperazine rings is 1. The first-order valence-corrected chi connectivity index (χ1v) is 25.8. The van der Waals surface area contributed by atoms with Crippen molar-refractivity contribution in [3.05, 3.63) is 117 Å². The molecule has 3 amide bonds. The van der Waals surface area contributed by atoms with Crippen LogP contribution in [0.4, 0.5) is 11.5 Å². The number of nitrogens with one attached hydrogen (secondary N) is 2. The van der Waals surface area contributed by atoms with Gasteiger partial charge in [0.05, 0.1) is 59.9 Å². The van der Waals surface area contributed by atoms with Crippen LogP contribution in [0.1, 0.15) is 108 Å². The van der Waals surface area contributed by atoms with Crippen molar-refractivity contribution >= 4 is 63.6 Å². The van der Waals surface area contributed by atoms with Crippen LogP contribution in [0.3, 0.4) is 0 Å². The first-order chi connectivity index (χ1) is 34.4. The summed E-state index contributed by atoms with van der Waals surface area (Å²) in [6.45, 7) is 18.2. The number of likely N-dealkylation sites (tertiary alicyclic amines) is 1. The molecule has 0 bridgehead atoms. The van der Waals surface area contributed by atoms with Crippen LogP contribution in [0.15, 0.2) is 71.4 Å². The number of rotatable bonds is 12. The first-order valence-electron chi connectivity index (χ1n) is 24.1. The lowest BCUT2D eigenvalue weighted by Gasteiger charge is -2.36. The maximum absolute atomic E-state index is 14.3. The number of methoxy groups -OCH3 is 1. The number of amides is 3. The molecule has 0 radical (unpaired) electrons. The van der Waals surface area contributed by atoms with Crippen LogP contribution in [0.5, 0.6) is 0 Å². The highest BCUT2D eigenvalue weighted by atomic mass is 32.1. The number of anilines is 2. The molecule has 3 N–H and O–H groups in total. The van der Waals surface area contributed by atoms with Gasteiger partial charge in [-0.2, -0.15) is 0 Å². The number of aliphatic imine (C=N–C) groups is 1. The summed E-state index contributed by atoms with van der Waals surface area (Å²) in [5, 5.41) is 26.5. The maximum atomic E-state index is 14.3. The molecule has 2 aromatic carbocycles. The topological polar surface area (TPSA) is 213 Å². The Bertz CT molecular complexity index is 3020. The third-order valence-electron chi connectivity index (χ3n) is 13.8. The zero-order valence-electron chi connectivity index (χ0n) is 42.0. The number of thiophene rings is 1. The number of aliphatic hydroxyl groups is 1. The summed E-state index contributed by atoms with van der Waals surface area (Å²) < 4.78 is 7.07. The minimum atomic E-state index is -1.04. The summed E-state index contributed by atoms with van der Waals surface area (Å²) >= 11 is 3.24. The second kappa shape index (κ2) is 20.3. The average Bonchev–Trinajstić information content (AvgIpc) is 4.14. The predicted molar refractivity (Wildman–Crippen MR) is 277 cm³/mol. The number of aryl methyl sites for hydroxylation is 3. The summed E-state index contributed by atoms with van der Waals surface area (Å²) in [5.41, 5.74) is 8.91. The quantitative estimate of drug-likeness (QED) is 0.116. The number of aliphatic hydroxyl groups excluding tert-OH is 1. The van der Waals surface area contributed by atoms with Crippen molar-refractivity contribution in [2.75, 3.05) is 49.6 Å². The molecule has 2 fully saturated rings. The van der Waals surface area contributed by atoms with Crippen LogP contribution in [0, 0.1) is 33.1 Å². The number of nitrogens with zero attached hydrogens (tertiary/aromatic N) is 10. The van der Waals surface area contributed by atoms with Gasteiger partial charge in [-0.15, -0.1) is 32.9 Å². The molecule has 0 unspecified atom stereocenters. The largest absolute Gasteiger partial charge is 0.469 e. The van der Waals surface area contributed by atoms with Gasteiger partial charge in [-0.3, -0.25) is 28.7 Å². The summed E-state index contributed by atoms with van der Waals surface area (Å²) in [4.78, 5) is 81.2. The summed E-state index contributed by atoms with van der Waals surface area (Å²) in [5.74, 6) is 0.163. The SMILES string of the molecule is COC(=O)C[C@@H]1N=C(c2ccc(N3CCN(c4cnc(C(=O)N[C@H](C(=O)N5C[C@H](O)C[C@H]5C(=O)N[C@@H](C)c5ccc(-c6scnc6C)cc5)C(C)(C)C)cn4)CC3)cc2)c2c(sc(C)c2C)-n2c(C)nnc21. The molecule has 7 heterocycles. The Balaban J connectivity index is 0.823. The van der Waals surface area contributed by atoms with Crippen LogP contribution < -0.4 is 20.4 Å². The Morgan fingerprint density at radius 3 is 2.21 bits per heavy atom. The molecule has 5 atom stereocenters. The van der Waals surface area contributed by atoms with E-state index >= 15 is 0 Å². The molecule has 0 spiro atoms. The number of hydrogen-bond donors (Lipinski definition) is 3. The summed E-state index contributed by atoms with van der Waals surface area (Å²) in [6, 6.07) is 13.4. The van der Waals surface area contributed by atoms with Crippen LogP contribution in [-0.2, 0) is 19.1 Å². The number of benzene rings is 2. The Morgan fingerprint density at radius 1 is 0.875 bits per heavy atom. The van der Waals surface area contributed by atoms with Gasteiger partial charge in [0.2, 0.25) is 11.8 Å². The molecule has 18 nitrogen and oxygen atoms in total. The van der Waals surface area contributed by atoms with E-state index in [2.05, 4.69) is 83.7 Å². The van der Waals surface area contributed by atoms with Crippen LogP contribution in [0.25, 0.3) is 15.4 Å². The number of aromatic nitrogens is 6. The Morgan fingerprint density at radius 2 is 1.57 bits per heavy atom. The van der Waals surface area contributed by atoms with Gasteiger partial charge >= 0.3 is 5.97 Å². The van der Waals surface area contributed by atoms with Gasteiger partial charge in [0, 0.05) is 60.8 Å². The molecular weight excluding hydrogens is 953 g/mol. The van der Waals surface area contributed by atoms with Gasteiger partial charge in [-0.25, -0.2) is 15.0 Å². The highest BCUT2D eigenvalue weighted by Crippen LogP contribution is 2.40. The van der Waals surface area contributed by atoms with Gasteiger partial charge in [0.15, 0.2) is 5.82 Å².